The van der Waals surface area contributed by atoms with Gasteiger partial charge in [-0.1, -0.05) is 17.7 Å². The number of hydrogen-bond donors (Lipinski definition) is 0. The highest BCUT2D eigenvalue weighted by molar-refractivity contribution is 6.30. The zero-order chi connectivity index (χ0) is 18.4. The van der Waals surface area contributed by atoms with E-state index in [2.05, 4.69) is 16.9 Å². The average Bonchev–Trinajstić information content (AvgIpc) is 2.94. The van der Waals surface area contributed by atoms with E-state index in [1.54, 1.807) is 29.2 Å². The van der Waals surface area contributed by atoms with Crippen LogP contribution in [0.5, 0.6) is 0 Å². The van der Waals surface area contributed by atoms with Gasteiger partial charge in [0, 0.05) is 39.4 Å². The van der Waals surface area contributed by atoms with Crippen molar-refractivity contribution in [3.63, 3.8) is 0 Å². The molecule has 1 aromatic carbocycles. The molecule has 1 aliphatic heterocycles. The van der Waals surface area contributed by atoms with Crippen LogP contribution in [-0.2, 0) is 13.6 Å². The normalized spacial score (nSPS) is 24.5. The number of carbonyl (C=O) groups excluding carboxylic acids is 1. The Hall–Kier alpha value is -1.92. The fourth-order valence-electron chi connectivity index (χ4n) is 4.15. The molecule has 4 rings (SSSR count). The summed E-state index contributed by atoms with van der Waals surface area (Å²) in [6, 6.07) is 4.63. The highest BCUT2D eigenvalue weighted by atomic mass is 35.5. The SMILES string of the molecule is CN1CC2C(C1)C2CN(Cc1ccc(F)c(Cl)c1)C(=O)c1cn(C)cn1. The van der Waals surface area contributed by atoms with Gasteiger partial charge in [0.1, 0.15) is 11.5 Å². The van der Waals surface area contributed by atoms with E-state index in [9.17, 15) is 9.18 Å². The van der Waals surface area contributed by atoms with Gasteiger partial charge in [-0.2, -0.15) is 0 Å². The third-order valence-electron chi connectivity index (χ3n) is 5.55. The van der Waals surface area contributed by atoms with Gasteiger partial charge in [0.25, 0.3) is 5.91 Å². The highest BCUT2D eigenvalue weighted by Gasteiger charge is 2.55. The first-order valence-corrected chi connectivity index (χ1v) is 9.20. The van der Waals surface area contributed by atoms with Crippen LogP contribution in [0.15, 0.2) is 30.7 Å². The Morgan fingerprint density at radius 2 is 2.08 bits per heavy atom. The molecule has 2 heterocycles. The molecule has 0 bridgehead atoms. The maximum atomic E-state index is 13.4. The summed E-state index contributed by atoms with van der Waals surface area (Å²) < 4.78 is 15.2. The van der Waals surface area contributed by atoms with E-state index >= 15 is 0 Å². The predicted octanol–water partition coefficient (Wildman–Crippen LogP) is 2.66. The minimum Gasteiger partial charge on any atom is -0.340 e. The summed E-state index contributed by atoms with van der Waals surface area (Å²) in [4.78, 5) is 21.4. The Balaban J connectivity index is 1.52. The molecule has 2 unspecified atom stereocenters. The van der Waals surface area contributed by atoms with Gasteiger partial charge >= 0.3 is 0 Å². The molecule has 0 N–H and O–H groups in total. The average molecular weight is 377 g/mol. The Morgan fingerprint density at radius 1 is 1.35 bits per heavy atom. The lowest BCUT2D eigenvalue weighted by molar-refractivity contribution is 0.0720. The highest BCUT2D eigenvalue weighted by Crippen LogP contribution is 2.51. The molecular formula is C19H22ClFN4O. The quantitative estimate of drug-likeness (QED) is 0.805. The van der Waals surface area contributed by atoms with Crippen molar-refractivity contribution in [2.24, 2.45) is 24.8 Å². The first kappa shape index (κ1) is 17.5. The molecule has 26 heavy (non-hydrogen) atoms. The number of likely N-dealkylation sites (tertiary alicyclic amines) is 1. The van der Waals surface area contributed by atoms with Crippen molar-refractivity contribution in [2.45, 2.75) is 6.54 Å². The number of imidazole rings is 1. The summed E-state index contributed by atoms with van der Waals surface area (Å²) in [5, 5.41) is 0.0812. The summed E-state index contributed by atoms with van der Waals surface area (Å²) in [5.41, 5.74) is 1.26. The molecule has 7 heteroatoms. The third-order valence-corrected chi connectivity index (χ3v) is 5.84. The Bertz CT molecular complexity index is 827. The summed E-state index contributed by atoms with van der Waals surface area (Å²) in [6.07, 6.45) is 3.36. The molecule has 0 radical (unpaired) electrons. The molecule has 2 aromatic rings. The predicted molar refractivity (Wildman–Crippen MR) is 97.3 cm³/mol. The molecule has 0 spiro atoms. The maximum Gasteiger partial charge on any atom is 0.274 e. The fourth-order valence-corrected chi connectivity index (χ4v) is 4.35. The lowest BCUT2D eigenvalue weighted by atomic mass is 10.1. The lowest BCUT2D eigenvalue weighted by Crippen LogP contribution is -2.34. The van der Waals surface area contributed by atoms with E-state index in [1.165, 1.54) is 6.07 Å². The van der Waals surface area contributed by atoms with E-state index in [0.717, 1.165) is 18.7 Å². The number of aryl methyl sites for hydroxylation is 1. The number of benzene rings is 1. The zero-order valence-electron chi connectivity index (χ0n) is 14.9. The second-order valence-electron chi connectivity index (χ2n) is 7.57. The maximum absolute atomic E-state index is 13.4. The van der Waals surface area contributed by atoms with Gasteiger partial charge in [0.2, 0.25) is 0 Å². The van der Waals surface area contributed by atoms with Crippen LogP contribution in [0.4, 0.5) is 4.39 Å². The molecule has 2 aliphatic rings. The minimum atomic E-state index is -0.446. The number of fused-ring (bicyclic) bond motifs is 1. The van der Waals surface area contributed by atoms with Crippen LogP contribution in [0.1, 0.15) is 16.1 Å². The Labute approximate surface area is 157 Å². The van der Waals surface area contributed by atoms with Gasteiger partial charge in [-0.15, -0.1) is 0 Å². The first-order valence-electron chi connectivity index (χ1n) is 8.82. The Kier molecular flexibility index (Phi) is 4.49. The topological polar surface area (TPSA) is 41.4 Å². The van der Waals surface area contributed by atoms with Gasteiger partial charge in [-0.05, 0) is 42.5 Å². The van der Waals surface area contributed by atoms with E-state index < -0.39 is 5.82 Å². The molecule has 138 valence electrons. The molecule has 1 aromatic heterocycles. The number of aromatic nitrogens is 2. The van der Waals surface area contributed by atoms with E-state index in [-0.39, 0.29) is 10.9 Å². The van der Waals surface area contributed by atoms with Crippen LogP contribution in [0.25, 0.3) is 0 Å². The monoisotopic (exact) mass is 376 g/mol. The van der Waals surface area contributed by atoms with Crippen LogP contribution in [-0.4, -0.2) is 51.9 Å². The number of amides is 1. The number of piperidine rings is 1. The van der Waals surface area contributed by atoms with Crippen molar-refractivity contribution < 1.29 is 9.18 Å². The van der Waals surface area contributed by atoms with Crippen molar-refractivity contribution in [1.29, 1.82) is 0 Å². The fraction of sp³-hybridized carbons (Fsp3) is 0.474. The number of rotatable bonds is 5. The summed E-state index contributed by atoms with van der Waals surface area (Å²) in [7, 11) is 3.98. The standard InChI is InChI=1S/C19H22ClFN4O/c1-23-7-13-14(8-23)15(13)9-25(19(26)18-10-24(2)11-22-18)6-12-3-4-17(21)16(20)5-12/h3-5,10-11,13-15H,6-9H2,1-2H3. The third kappa shape index (κ3) is 3.35. The molecule has 5 nitrogen and oxygen atoms in total. The molecule has 2 fully saturated rings. The molecule has 1 saturated carbocycles. The second-order valence-corrected chi connectivity index (χ2v) is 7.98. The first-order chi connectivity index (χ1) is 12.4. The minimum absolute atomic E-state index is 0.0812. The van der Waals surface area contributed by atoms with Crippen molar-refractivity contribution in [1.82, 2.24) is 19.4 Å². The molecular weight excluding hydrogens is 355 g/mol. The molecule has 1 aliphatic carbocycles. The van der Waals surface area contributed by atoms with Crippen molar-refractivity contribution in [3.8, 4) is 0 Å². The van der Waals surface area contributed by atoms with Gasteiger partial charge in [-0.25, -0.2) is 9.37 Å². The van der Waals surface area contributed by atoms with E-state index in [1.807, 2.05) is 11.9 Å². The largest absolute Gasteiger partial charge is 0.340 e. The molecule has 1 amide bonds. The van der Waals surface area contributed by atoms with Crippen molar-refractivity contribution in [2.75, 3.05) is 26.7 Å². The van der Waals surface area contributed by atoms with Gasteiger partial charge in [0.05, 0.1) is 11.3 Å². The number of hydrogen-bond acceptors (Lipinski definition) is 3. The summed E-state index contributed by atoms with van der Waals surface area (Å²) in [6.45, 7) is 3.31. The van der Waals surface area contributed by atoms with E-state index in [4.69, 9.17) is 11.6 Å². The smallest absolute Gasteiger partial charge is 0.274 e. The number of halogens is 2. The van der Waals surface area contributed by atoms with Crippen LogP contribution in [0.3, 0.4) is 0 Å². The van der Waals surface area contributed by atoms with Crippen LogP contribution in [0.2, 0.25) is 5.02 Å². The molecule has 1 saturated heterocycles. The second kappa shape index (κ2) is 6.67. The summed E-state index contributed by atoms with van der Waals surface area (Å²) in [5.74, 6) is 1.35. The number of nitrogens with zero attached hydrogens (tertiary/aromatic N) is 4. The van der Waals surface area contributed by atoms with Gasteiger partial charge in [0.15, 0.2) is 0 Å². The Morgan fingerprint density at radius 3 is 2.69 bits per heavy atom. The summed E-state index contributed by atoms with van der Waals surface area (Å²) >= 11 is 5.91. The van der Waals surface area contributed by atoms with Crippen molar-refractivity contribution >= 4 is 17.5 Å². The van der Waals surface area contributed by atoms with Crippen molar-refractivity contribution in [3.05, 3.63) is 52.8 Å². The van der Waals surface area contributed by atoms with E-state index in [0.29, 0.717) is 36.5 Å². The van der Waals surface area contributed by atoms with Crippen LogP contribution in [0, 0.1) is 23.6 Å². The lowest BCUT2D eigenvalue weighted by Gasteiger charge is -2.24. The van der Waals surface area contributed by atoms with Gasteiger partial charge in [-0.3, -0.25) is 4.79 Å². The number of carbonyl (C=O) groups is 1. The zero-order valence-corrected chi connectivity index (χ0v) is 15.7. The van der Waals surface area contributed by atoms with Crippen LogP contribution < -0.4 is 0 Å². The molecule has 2 atom stereocenters. The van der Waals surface area contributed by atoms with Crippen LogP contribution >= 0.6 is 11.6 Å². The van der Waals surface area contributed by atoms with Gasteiger partial charge < -0.3 is 14.4 Å².